The molecule has 1 aliphatic carbocycles. The molecule has 0 spiro atoms. The Labute approximate surface area is 177 Å². The second-order valence-electron chi connectivity index (χ2n) is 8.06. The van der Waals surface area contributed by atoms with E-state index in [2.05, 4.69) is 16.4 Å². The van der Waals surface area contributed by atoms with Crippen LogP contribution in [0.5, 0.6) is 0 Å². The summed E-state index contributed by atoms with van der Waals surface area (Å²) in [6, 6.07) is 19.6. The number of hydrogen-bond acceptors (Lipinski definition) is 4. The first-order valence-corrected chi connectivity index (χ1v) is 11.9. The number of fused-ring (bicyclic) bond motifs is 2. The van der Waals surface area contributed by atoms with Gasteiger partial charge in [0.1, 0.15) is 0 Å². The van der Waals surface area contributed by atoms with E-state index < -0.39 is 10.0 Å². The van der Waals surface area contributed by atoms with Crippen molar-refractivity contribution in [1.82, 2.24) is 14.6 Å². The quantitative estimate of drug-likeness (QED) is 0.680. The fraction of sp³-hybridized carbons (Fsp3) is 0.292. The van der Waals surface area contributed by atoms with Crippen molar-refractivity contribution in [3.05, 3.63) is 94.8 Å². The third-order valence-electron chi connectivity index (χ3n) is 6.12. The number of aromatic nitrogens is 1. The van der Waals surface area contributed by atoms with Gasteiger partial charge in [0.15, 0.2) is 0 Å². The van der Waals surface area contributed by atoms with E-state index in [4.69, 9.17) is 0 Å². The lowest BCUT2D eigenvalue weighted by molar-refractivity contribution is 0.431. The first-order valence-electron chi connectivity index (χ1n) is 10.4. The highest BCUT2D eigenvalue weighted by atomic mass is 32.2. The number of benzene rings is 2. The summed E-state index contributed by atoms with van der Waals surface area (Å²) >= 11 is 0. The van der Waals surface area contributed by atoms with Crippen LogP contribution in [0.1, 0.15) is 46.8 Å². The van der Waals surface area contributed by atoms with Crippen LogP contribution in [0.4, 0.5) is 0 Å². The molecular weight excluding hydrogens is 394 g/mol. The van der Waals surface area contributed by atoms with E-state index in [1.54, 1.807) is 16.4 Å². The molecule has 6 heteroatoms. The van der Waals surface area contributed by atoms with Crippen molar-refractivity contribution in [1.29, 1.82) is 0 Å². The highest BCUT2D eigenvalue weighted by molar-refractivity contribution is 7.89. The molecule has 1 aromatic heterocycles. The number of rotatable bonds is 5. The van der Waals surface area contributed by atoms with Crippen LogP contribution >= 0.6 is 0 Å². The van der Waals surface area contributed by atoms with E-state index in [9.17, 15) is 8.42 Å². The molecule has 2 heterocycles. The standard InChI is InChI=1S/C24H25N3O2S/c28-30(29,27-16-20-5-1-2-6-21(20)17-27)22-12-10-18(11-13-22)15-26-23-9-3-7-19-8-4-14-25-24(19)23/h1-2,4-6,8,10-14,23,26H,3,7,9,15-17H2. The van der Waals surface area contributed by atoms with Crippen molar-refractivity contribution in [2.75, 3.05) is 0 Å². The van der Waals surface area contributed by atoms with Gasteiger partial charge in [0, 0.05) is 25.8 Å². The summed E-state index contributed by atoms with van der Waals surface area (Å²) in [6.45, 7) is 1.57. The number of pyridine rings is 1. The predicted octanol–water partition coefficient (Wildman–Crippen LogP) is 3.95. The Morgan fingerprint density at radius 2 is 1.63 bits per heavy atom. The molecule has 5 rings (SSSR count). The molecule has 1 atom stereocenters. The highest BCUT2D eigenvalue weighted by Crippen LogP contribution is 2.29. The summed E-state index contributed by atoms with van der Waals surface area (Å²) in [5.74, 6) is 0. The Hall–Kier alpha value is -2.54. The molecule has 30 heavy (non-hydrogen) atoms. The van der Waals surface area contributed by atoms with Gasteiger partial charge in [-0.15, -0.1) is 0 Å². The summed E-state index contributed by atoms with van der Waals surface area (Å²) in [6.07, 6.45) is 5.18. The van der Waals surface area contributed by atoms with Crippen molar-refractivity contribution in [2.45, 2.75) is 49.8 Å². The van der Waals surface area contributed by atoms with E-state index in [-0.39, 0.29) is 6.04 Å². The van der Waals surface area contributed by atoms with E-state index in [0.29, 0.717) is 24.5 Å². The molecule has 2 aromatic carbocycles. The minimum absolute atomic E-state index is 0.251. The fourth-order valence-electron chi connectivity index (χ4n) is 4.45. The molecule has 154 valence electrons. The van der Waals surface area contributed by atoms with Gasteiger partial charge in [-0.1, -0.05) is 42.5 Å². The van der Waals surface area contributed by atoms with Gasteiger partial charge in [0.2, 0.25) is 10.0 Å². The zero-order valence-electron chi connectivity index (χ0n) is 16.8. The zero-order valence-corrected chi connectivity index (χ0v) is 17.6. The molecule has 1 aliphatic heterocycles. The predicted molar refractivity (Wildman–Crippen MR) is 116 cm³/mol. The van der Waals surface area contributed by atoms with Crippen molar-refractivity contribution >= 4 is 10.0 Å². The lowest BCUT2D eigenvalue weighted by Crippen LogP contribution is -2.26. The number of nitrogens with one attached hydrogen (secondary N) is 1. The van der Waals surface area contributed by atoms with Crippen molar-refractivity contribution in [3.8, 4) is 0 Å². The summed E-state index contributed by atoms with van der Waals surface area (Å²) < 4.78 is 27.7. The second-order valence-corrected chi connectivity index (χ2v) is 10.00. The SMILES string of the molecule is O=S(=O)(c1ccc(CNC2CCCc3cccnc32)cc1)N1Cc2ccccc2C1. The molecule has 0 saturated carbocycles. The number of aryl methyl sites for hydroxylation is 1. The summed E-state index contributed by atoms with van der Waals surface area (Å²) in [4.78, 5) is 4.92. The van der Waals surface area contributed by atoms with Gasteiger partial charge in [-0.2, -0.15) is 4.31 Å². The normalized spacial score (nSPS) is 18.7. The highest BCUT2D eigenvalue weighted by Gasteiger charge is 2.30. The second kappa shape index (κ2) is 7.95. The molecule has 0 fully saturated rings. The smallest absolute Gasteiger partial charge is 0.243 e. The van der Waals surface area contributed by atoms with Crippen LogP contribution in [0, 0.1) is 0 Å². The minimum Gasteiger partial charge on any atom is -0.305 e. The van der Waals surface area contributed by atoms with Gasteiger partial charge in [-0.3, -0.25) is 4.98 Å². The van der Waals surface area contributed by atoms with Crippen molar-refractivity contribution in [3.63, 3.8) is 0 Å². The molecule has 5 nitrogen and oxygen atoms in total. The monoisotopic (exact) mass is 419 g/mol. The third kappa shape index (κ3) is 3.67. The van der Waals surface area contributed by atoms with Crippen LogP contribution in [0.2, 0.25) is 0 Å². The Bertz CT molecular complexity index is 1130. The Balaban J connectivity index is 1.26. The van der Waals surface area contributed by atoms with Crippen LogP contribution in [-0.2, 0) is 36.1 Å². The van der Waals surface area contributed by atoms with Gasteiger partial charge >= 0.3 is 0 Å². The van der Waals surface area contributed by atoms with Gasteiger partial charge in [0.05, 0.1) is 16.6 Å². The summed E-state index contributed by atoms with van der Waals surface area (Å²) in [7, 11) is -3.50. The molecule has 0 saturated heterocycles. The first-order chi connectivity index (χ1) is 14.6. The van der Waals surface area contributed by atoms with Gasteiger partial charge in [-0.25, -0.2) is 8.42 Å². The van der Waals surface area contributed by atoms with Crippen molar-refractivity contribution < 1.29 is 8.42 Å². The van der Waals surface area contributed by atoms with E-state index in [1.165, 1.54) is 5.56 Å². The number of sulfonamides is 1. The Morgan fingerprint density at radius 3 is 2.37 bits per heavy atom. The number of hydrogen-bond donors (Lipinski definition) is 1. The number of nitrogens with zero attached hydrogens (tertiary/aromatic N) is 2. The average molecular weight is 420 g/mol. The largest absolute Gasteiger partial charge is 0.305 e. The lowest BCUT2D eigenvalue weighted by atomic mass is 9.92. The third-order valence-corrected chi connectivity index (χ3v) is 7.93. The van der Waals surface area contributed by atoms with Crippen LogP contribution in [0.25, 0.3) is 0 Å². The summed E-state index contributed by atoms with van der Waals surface area (Å²) in [5, 5.41) is 3.60. The Morgan fingerprint density at radius 1 is 0.933 bits per heavy atom. The van der Waals surface area contributed by atoms with E-state index in [0.717, 1.165) is 41.6 Å². The minimum atomic E-state index is -3.50. The van der Waals surface area contributed by atoms with Gasteiger partial charge in [0.25, 0.3) is 0 Å². The molecule has 1 unspecified atom stereocenters. The fourth-order valence-corrected chi connectivity index (χ4v) is 5.85. The van der Waals surface area contributed by atoms with Crippen LogP contribution in [0.3, 0.4) is 0 Å². The molecule has 3 aromatic rings. The van der Waals surface area contributed by atoms with Crippen LogP contribution in [-0.4, -0.2) is 17.7 Å². The summed E-state index contributed by atoms with van der Waals surface area (Å²) in [5.41, 5.74) is 5.72. The molecule has 0 bridgehead atoms. The Kier molecular flexibility index (Phi) is 5.15. The van der Waals surface area contributed by atoms with E-state index in [1.807, 2.05) is 48.7 Å². The van der Waals surface area contributed by atoms with Crippen LogP contribution < -0.4 is 5.32 Å². The molecule has 1 N–H and O–H groups in total. The molecular formula is C24H25N3O2S. The maximum absolute atomic E-state index is 13.1. The molecule has 2 aliphatic rings. The van der Waals surface area contributed by atoms with E-state index >= 15 is 0 Å². The average Bonchev–Trinajstić information content (AvgIpc) is 3.23. The molecule has 0 radical (unpaired) electrons. The van der Waals surface area contributed by atoms with Crippen LogP contribution in [0.15, 0.2) is 71.8 Å². The zero-order chi connectivity index (χ0) is 20.6. The van der Waals surface area contributed by atoms with Gasteiger partial charge in [-0.05, 0) is 59.7 Å². The maximum atomic E-state index is 13.1. The topological polar surface area (TPSA) is 62.3 Å². The lowest BCUT2D eigenvalue weighted by Gasteiger charge is -2.25. The maximum Gasteiger partial charge on any atom is 0.243 e. The molecule has 0 amide bonds. The van der Waals surface area contributed by atoms with Gasteiger partial charge < -0.3 is 5.32 Å². The first kappa shape index (κ1) is 19.4. The van der Waals surface area contributed by atoms with Crippen molar-refractivity contribution in [2.24, 2.45) is 0 Å².